The van der Waals surface area contributed by atoms with Crippen LogP contribution in [0.3, 0.4) is 0 Å². The van der Waals surface area contributed by atoms with E-state index in [0.717, 1.165) is 91.8 Å². The van der Waals surface area contributed by atoms with Crippen molar-refractivity contribution in [2.24, 2.45) is 11.8 Å². The fourth-order valence-corrected chi connectivity index (χ4v) is 5.45. The number of likely N-dealkylation sites (tertiary alicyclic amines) is 1. The number of fused-ring (bicyclic) bond motifs is 1. The molecule has 1 N–H and O–H groups in total. The van der Waals surface area contributed by atoms with Gasteiger partial charge in [0.25, 0.3) is 0 Å². The van der Waals surface area contributed by atoms with Crippen LogP contribution in [0.5, 0.6) is 0 Å². The number of piperidine rings is 1. The fraction of sp³-hybridized carbons (Fsp3) is 0.565. The molecule has 5 heterocycles. The summed E-state index contributed by atoms with van der Waals surface area (Å²) < 4.78 is 0. The standard InChI is InChI=1S/C23H30N6OS/c1-15(2)12-17-14-31-22(24-17)21-25-18-7-8-19(26-20(18)27-21)29-11-5-6-16(13-29)23(30)28-9-3-4-10-28/h7-8,14-16H,3-6,9-13H2,1-2H3,(H,25,26,27)/t16-/m1/s1. The number of hydrogen-bond acceptors (Lipinski definition) is 6. The Hall–Kier alpha value is -2.48. The Kier molecular flexibility index (Phi) is 5.65. The van der Waals surface area contributed by atoms with Crippen molar-refractivity contribution < 1.29 is 4.79 Å². The summed E-state index contributed by atoms with van der Waals surface area (Å²) in [6.45, 7) is 7.94. The summed E-state index contributed by atoms with van der Waals surface area (Å²) in [5.41, 5.74) is 2.74. The molecular weight excluding hydrogens is 408 g/mol. The van der Waals surface area contributed by atoms with Crippen LogP contribution in [-0.4, -0.2) is 56.9 Å². The molecule has 0 unspecified atom stereocenters. The van der Waals surface area contributed by atoms with E-state index in [1.54, 1.807) is 11.3 Å². The third-order valence-electron chi connectivity index (χ3n) is 6.21. The lowest BCUT2D eigenvalue weighted by molar-refractivity contribution is -0.134. The molecule has 0 spiro atoms. The molecule has 3 aromatic heterocycles. The van der Waals surface area contributed by atoms with E-state index >= 15 is 0 Å². The van der Waals surface area contributed by atoms with Gasteiger partial charge in [0.2, 0.25) is 5.91 Å². The second kappa shape index (κ2) is 8.57. The van der Waals surface area contributed by atoms with Gasteiger partial charge in [-0.25, -0.2) is 15.0 Å². The van der Waals surface area contributed by atoms with E-state index in [-0.39, 0.29) is 5.92 Å². The van der Waals surface area contributed by atoms with Gasteiger partial charge in [0, 0.05) is 31.6 Å². The Balaban J connectivity index is 1.33. The smallest absolute Gasteiger partial charge is 0.227 e. The lowest BCUT2D eigenvalue weighted by atomic mass is 9.96. The Morgan fingerprint density at radius 3 is 2.81 bits per heavy atom. The minimum absolute atomic E-state index is 0.0800. The molecule has 164 valence electrons. The zero-order valence-corrected chi connectivity index (χ0v) is 19.1. The average Bonchev–Trinajstić information content (AvgIpc) is 3.52. The van der Waals surface area contributed by atoms with Crippen LogP contribution in [0.25, 0.3) is 22.0 Å². The predicted molar refractivity (Wildman–Crippen MR) is 124 cm³/mol. The lowest BCUT2D eigenvalue weighted by Gasteiger charge is -2.34. The number of pyridine rings is 1. The van der Waals surface area contributed by atoms with Crippen LogP contribution in [-0.2, 0) is 11.2 Å². The molecule has 0 bridgehead atoms. The first-order chi connectivity index (χ1) is 15.1. The molecule has 1 atom stereocenters. The van der Waals surface area contributed by atoms with Gasteiger partial charge in [-0.05, 0) is 50.2 Å². The molecule has 0 radical (unpaired) electrons. The van der Waals surface area contributed by atoms with E-state index < -0.39 is 0 Å². The summed E-state index contributed by atoms with van der Waals surface area (Å²) in [4.78, 5) is 34.8. The van der Waals surface area contributed by atoms with E-state index in [2.05, 4.69) is 29.1 Å². The van der Waals surface area contributed by atoms with Crippen molar-refractivity contribution in [1.29, 1.82) is 0 Å². The normalized spacial score (nSPS) is 19.6. The lowest BCUT2D eigenvalue weighted by Crippen LogP contribution is -2.44. The maximum Gasteiger partial charge on any atom is 0.227 e. The summed E-state index contributed by atoms with van der Waals surface area (Å²) in [7, 11) is 0. The molecule has 2 aliphatic heterocycles. The number of imidazole rings is 1. The maximum atomic E-state index is 12.9. The molecule has 2 fully saturated rings. The number of H-pyrrole nitrogens is 1. The first kappa shape index (κ1) is 20.4. The highest BCUT2D eigenvalue weighted by molar-refractivity contribution is 7.13. The van der Waals surface area contributed by atoms with Gasteiger partial charge < -0.3 is 14.8 Å². The first-order valence-electron chi connectivity index (χ1n) is 11.4. The first-order valence-corrected chi connectivity index (χ1v) is 12.3. The molecule has 2 saturated heterocycles. The number of rotatable bonds is 5. The Morgan fingerprint density at radius 1 is 1.16 bits per heavy atom. The number of carbonyl (C=O) groups excluding carboxylic acids is 1. The number of aromatic amines is 1. The van der Waals surface area contributed by atoms with E-state index in [9.17, 15) is 4.79 Å². The van der Waals surface area contributed by atoms with Gasteiger partial charge in [-0.1, -0.05) is 13.8 Å². The van der Waals surface area contributed by atoms with E-state index in [1.165, 1.54) is 0 Å². The zero-order valence-electron chi connectivity index (χ0n) is 18.3. The predicted octanol–water partition coefficient (Wildman–Crippen LogP) is 4.12. The monoisotopic (exact) mass is 438 g/mol. The highest BCUT2D eigenvalue weighted by Gasteiger charge is 2.31. The molecular formula is C23H30N6OS. The van der Waals surface area contributed by atoms with Gasteiger partial charge in [0.15, 0.2) is 16.5 Å². The largest absolute Gasteiger partial charge is 0.356 e. The highest BCUT2D eigenvalue weighted by atomic mass is 32.1. The van der Waals surface area contributed by atoms with Crippen molar-refractivity contribution in [3.63, 3.8) is 0 Å². The number of nitrogens with one attached hydrogen (secondary N) is 1. The van der Waals surface area contributed by atoms with Crippen molar-refractivity contribution >= 4 is 34.2 Å². The second-order valence-electron chi connectivity index (χ2n) is 9.18. The van der Waals surface area contributed by atoms with E-state index in [4.69, 9.17) is 15.0 Å². The molecule has 1 amide bonds. The summed E-state index contributed by atoms with van der Waals surface area (Å²) >= 11 is 1.62. The summed E-state index contributed by atoms with van der Waals surface area (Å²) in [5, 5.41) is 3.02. The van der Waals surface area contributed by atoms with Crippen molar-refractivity contribution in [1.82, 2.24) is 24.8 Å². The van der Waals surface area contributed by atoms with Gasteiger partial charge in [-0.15, -0.1) is 11.3 Å². The van der Waals surface area contributed by atoms with Gasteiger partial charge in [0.05, 0.1) is 11.6 Å². The fourth-order valence-electron chi connectivity index (χ4n) is 4.67. The highest BCUT2D eigenvalue weighted by Crippen LogP contribution is 2.28. The molecule has 2 aliphatic rings. The SMILES string of the molecule is CC(C)Cc1csc(-c2nc3ccc(N4CCC[C@@H](C(=O)N5CCCC5)C4)nc3[nH]2)n1. The third kappa shape index (κ3) is 4.31. The van der Waals surface area contributed by atoms with Crippen LogP contribution in [0.4, 0.5) is 5.82 Å². The minimum Gasteiger partial charge on any atom is -0.356 e. The van der Waals surface area contributed by atoms with E-state index in [1.807, 2.05) is 17.0 Å². The van der Waals surface area contributed by atoms with Crippen LogP contribution in [0, 0.1) is 11.8 Å². The average molecular weight is 439 g/mol. The molecule has 31 heavy (non-hydrogen) atoms. The van der Waals surface area contributed by atoms with Crippen LogP contribution in [0.15, 0.2) is 17.5 Å². The van der Waals surface area contributed by atoms with Crippen LogP contribution in [0.1, 0.15) is 45.2 Å². The van der Waals surface area contributed by atoms with Gasteiger partial charge >= 0.3 is 0 Å². The number of hydrogen-bond donors (Lipinski definition) is 1. The number of amides is 1. The number of carbonyl (C=O) groups is 1. The van der Waals surface area contributed by atoms with Crippen LogP contribution >= 0.6 is 11.3 Å². The maximum absolute atomic E-state index is 12.9. The number of aromatic nitrogens is 4. The summed E-state index contributed by atoms with van der Waals surface area (Å²) in [6.07, 6.45) is 5.26. The molecule has 3 aromatic rings. The van der Waals surface area contributed by atoms with Crippen molar-refractivity contribution in [3.8, 4) is 10.8 Å². The molecule has 5 rings (SSSR count). The Bertz CT molecular complexity index is 1070. The van der Waals surface area contributed by atoms with Crippen LogP contribution < -0.4 is 4.90 Å². The zero-order chi connectivity index (χ0) is 21.4. The molecule has 0 saturated carbocycles. The Morgan fingerprint density at radius 2 is 2.00 bits per heavy atom. The molecule has 0 aromatic carbocycles. The molecule has 7 nitrogen and oxygen atoms in total. The summed E-state index contributed by atoms with van der Waals surface area (Å²) in [6, 6.07) is 4.05. The third-order valence-corrected chi connectivity index (χ3v) is 7.11. The van der Waals surface area contributed by atoms with Gasteiger partial charge in [0.1, 0.15) is 11.3 Å². The summed E-state index contributed by atoms with van der Waals surface area (Å²) in [5.74, 6) is 2.69. The number of anilines is 1. The van der Waals surface area contributed by atoms with Crippen molar-refractivity contribution in [2.75, 3.05) is 31.1 Å². The molecule has 8 heteroatoms. The number of nitrogens with zero attached hydrogens (tertiary/aromatic N) is 5. The van der Waals surface area contributed by atoms with E-state index in [0.29, 0.717) is 11.8 Å². The molecule has 0 aliphatic carbocycles. The van der Waals surface area contributed by atoms with Crippen molar-refractivity contribution in [2.45, 2.75) is 46.0 Å². The van der Waals surface area contributed by atoms with Gasteiger partial charge in [-0.3, -0.25) is 4.79 Å². The Labute approximate surface area is 186 Å². The number of thiazole rings is 1. The topological polar surface area (TPSA) is 78.0 Å². The minimum atomic E-state index is 0.0800. The van der Waals surface area contributed by atoms with Crippen molar-refractivity contribution in [3.05, 3.63) is 23.2 Å². The van der Waals surface area contributed by atoms with Crippen LogP contribution in [0.2, 0.25) is 0 Å². The second-order valence-corrected chi connectivity index (χ2v) is 10.0. The van der Waals surface area contributed by atoms with Gasteiger partial charge in [-0.2, -0.15) is 0 Å². The quantitative estimate of drug-likeness (QED) is 0.648.